The second-order valence-electron chi connectivity index (χ2n) is 6.44. The van der Waals surface area contributed by atoms with E-state index in [2.05, 4.69) is 40.0 Å². The molecule has 26 heavy (non-hydrogen) atoms. The second-order valence-corrected chi connectivity index (χ2v) is 6.44. The Morgan fingerprint density at radius 3 is 2.65 bits per heavy atom. The standard InChI is InChI=1S/C19H30N4O2.HI/c1-14-6-9-17(25-3)15(13-14)10-12-22-19(20-2)21-11-4-5-18(24)23-16-7-8-16;/h6,9,13,16H,4-5,7-8,10-12H2,1-3H3,(H,23,24)(H2,20,21,22);1H. The number of carbonyl (C=O) groups is 1. The molecular formula is C19H31IN4O2. The van der Waals surface area contributed by atoms with Crippen LogP contribution < -0.4 is 20.7 Å². The molecule has 1 amide bonds. The van der Waals surface area contributed by atoms with Gasteiger partial charge in [0.1, 0.15) is 5.75 Å². The zero-order chi connectivity index (χ0) is 18.1. The minimum atomic E-state index is 0. The average Bonchev–Trinajstić information content (AvgIpc) is 3.41. The molecule has 7 heteroatoms. The van der Waals surface area contributed by atoms with E-state index in [4.69, 9.17) is 4.74 Å². The zero-order valence-electron chi connectivity index (χ0n) is 15.9. The van der Waals surface area contributed by atoms with Crippen LogP contribution in [-0.2, 0) is 11.2 Å². The molecule has 0 spiro atoms. The average molecular weight is 474 g/mol. The SMILES string of the molecule is CN=C(NCCCC(=O)NC1CC1)NCCc1cc(C)ccc1OC.I. The fourth-order valence-corrected chi connectivity index (χ4v) is 2.62. The van der Waals surface area contributed by atoms with Crippen molar-refractivity contribution in [2.75, 3.05) is 27.2 Å². The molecule has 0 heterocycles. The number of guanidine groups is 1. The van der Waals surface area contributed by atoms with Crippen molar-refractivity contribution in [1.82, 2.24) is 16.0 Å². The van der Waals surface area contributed by atoms with Crippen molar-refractivity contribution < 1.29 is 9.53 Å². The maximum absolute atomic E-state index is 11.6. The summed E-state index contributed by atoms with van der Waals surface area (Å²) in [5.41, 5.74) is 2.41. The zero-order valence-corrected chi connectivity index (χ0v) is 18.3. The predicted octanol–water partition coefficient (Wildman–Crippen LogP) is 2.39. The van der Waals surface area contributed by atoms with Crippen LogP contribution in [0.1, 0.15) is 36.8 Å². The number of hydrogen-bond acceptors (Lipinski definition) is 3. The molecule has 0 radical (unpaired) electrons. The van der Waals surface area contributed by atoms with E-state index < -0.39 is 0 Å². The molecule has 3 N–H and O–H groups in total. The number of amides is 1. The molecule has 0 aliphatic heterocycles. The van der Waals surface area contributed by atoms with Crippen molar-refractivity contribution in [3.05, 3.63) is 29.3 Å². The summed E-state index contributed by atoms with van der Waals surface area (Å²) in [4.78, 5) is 15.8. The number of hydrogen-bond donors (Lipinski definition) is 3. The molecule has 1 fully saturated rings. The number of ether oxygens (including phenoxy) is 1. The molecule has 1 aromatic carbocycles. The number of halogens is 1. The first-order chi connectivity index (χ1) is 12.1. The summed E-state index contributed by atoms with van der Waals surface area (Å²) in [5, 5.41) is 9.55. The lowest BCUT2D eigenvalue weighted by Crippen LogP contribution is -2.39. The summed E-state index contributed by atoms with van der Waals surface area (Å²) < 4.78 is 5.41. The smallest absolute Gasteiger partial charge is 0.220 e. The lowest BCUT2D eigenvalue weighted by atomic mass is 10.1. The van der Waals surface area contributed by atoms with Crippen molar-refractivity contribution in [1.29, 1.82) is 0 Å². The van der Waals surface area contributed by atoms with Crippen LogP contribution in [0, 0.1) is 6.92 Å². The predicted molar refractivity (Wildman–Crippen MR) is 117 cm³/mol. The maximum Gasteiger partial charge on any atom is 0.220 e. The highest BCUT2D eigenvalue weighted by Gasteiger charge is 2.22. The maximum atomic E-state index is 11.6. The quantitative estimate of drug-likeness (QED) is 0.223. The first-order valence-electron chi connectivity index (χ1n) is 8.99. The van der Waals surface area contributed by atoms with Gasteiger partial charge >= 0.3 is 0 Å². The molecule has 0 atom stereocenters. The van der Waals surface area contributed by atoms with Crippen LogP contribution in [0.3, 0.4) is 0 Å². The molecule has 1 aromatic rings. The number of aliphatic imine (C=N–C) groups is 1. The van der Waals surface area contributed by atoms with E-state index in [1.165, 1.54) is 11.1 Å². The van der Waals surface area contributed by atoms with E-state index >= 15 is 0 Å². The monoisotopic (exact) mass is 474 g/mol. The van der Waals surface area contributed by atoms with Crippen LogP contribution in [0.5, 0.6) is 5.75 Å². The number of methoxy groups -OCH3 is 1. The van der Waals surface area contributed by atoms with Crippen LogP contribution in [0.25, 0.3) is 0 Å². The van der Waals surface area contributed by atoms with Crippen molar-refractivity contribution in [3.8, 4) is 5.75 Å². The molecule has 0 unspecified atom stereocenters. The van der Waals surface area contributed by atoms with Crippen molar-refractivity contribution in [2.45, 2.75) is 45.1 Å². The van der Waals surface area contributed by atoms with Gasteiger partial charge in [-0.2, -0.15) is 0 Å². The van der Waals surface area contributed by atoms with Gasteiger partial charge < -0.3 is 20.7 Å². The lowest BCUT2D eigenvalue weighted by molar-refractivity contribution is -0.121. The Balaban J connectivity index is 0.00000338. The summed E-state index contributed by atoms with van der Waals surface area (Å²) in [6.45, 7) is 3.57. The fourth-order valence-electron chi connectivity index (χ4n) is 2.62. The van der Waals surface area contributed by atoms with Gasteiger partial charge in [0.2, 0.25) is 5.91 Å². The Morgan fingerprint density at radius 1 is 1.27 bits per heavy atom. The lowest BCUT2D eigenvalue weighted by Gasteiger charge is -2.13. The molecule has 146 valence electrons. The van der Waals surface area contributed by atoms with Gasteiger partial charge in [-0.1, -0.05) is 17.7 Å². The van der Waals surface area contributed by atoms with E-state index in [0.29, 0.717) is 12.5 Å². The molecular weight excluding hydrogens is 443 g/mol. The number of rotatable bonds is 9. The van der Waals surface area contributed by atoms with E-state index in [-0.39, 0.29) is 29.9 Å². The molecule has 1 aliphatic carbocycles. The van der Waals surface area contributed by atoms with Gasteiger partial charge in [-0.3, -0.25) is 9.79 Å². The molecule has 0 aromatic heterocycles. The number of nitrogens with one attached hydrogen (secondary N) is 3. The molecule has 0 saturated heterocycles. The van der Waals surface area contributed by atoms with Gasteiger partial charge in [0.25, 0.3) is 0 Å². The minimum absolute atomic E-state index is 0. The van der Waals surface area contributed by atoms with Crippen LogP contribution in [0.2, 0.25) is 0 Å². The van der Waals surface area contributed by atoms with Gasteiger partial charge in [-0.05, 0) is 44.2 Å². The van der Waals surface area contributed by atoms with E-state index in [9.17, 15) is 4.79 Å². The van der Waals surface area contributed by atoms with Crippen LogP contribution in [0.4, 0.5) is 0 Å². The summed E-state index contributed by atoms with van der Waals surface area (Å²) in [6.07, 6.45) is 4.47. The Kier molecular flexibility index (Phi) is 10.4. The van der Waals surface area contributed by atoms with E-state index in [1.807, 2.05) is 6.07 Å². The first-order valence-corrected chi connectivity index (χ1v) is 8.99. The van der Waals surface area contributed by atoms with Gasteiger partial charge in [-0.25, -0.2) is 0 Å². The van der Waals surface area contributed by atoms with Crippen molar-refractivity contribution in [2.24, 2.45) is 4.99 Å². The van der Waals surface area contributed by atoms with Gasteiger partial charge in [0.05, 0.1) is 7.11 Å². The number of aryl methyl sites for hydroxylation is 1. The third-order valence-corrected chi connectivity index (χ3v) is 4.16. The Morgan fingerprint density at radius 2 is 2.00 bits per heavy atom. The molecule has 0 bridgehead atoms. The Hall–Kier alpha value is -1.51. The highest BCUT2D eigenvalue weighted by atomic mass is 127. The second kappa shape index (κ2) is 12.0. The topological polar surface area (TPSA) is 74.8 Å². The molecule has 2 rings (SSSR count). The van der Waals surface area contributed by atoms with Gasteiger partial charge in [-0.15, -0.1) is 24.0 Å². The minimum Gasteiger partial charge on any atom is -0.496 e. The summed E-state index contributed by atoms with van der Waals surface area (Å²) >= 11 is 0. The Labute approximate surface area is 173 Å². The van der Waals surface area contributed by atoms with E-state index in [1.54, 1.807) is 14.2 Å². The van der Waals surface area contributed by atoms with Gasteiger partial charge in [0.15, 0.2) is 5.96 Å². The summed E-state index contributed by atoms with van der Waals surface area (Å²) in [6, 6.07) is 6.64. The third kappa shape index (κ3) is 8.25. The Bertz CT molecular complexity index is 603. The van der Waals surface area contributed by atoms with Crippen LogP contribution in [0.15, 0.2) is 23.2 Å². The van der Waals surface area contributed by atoms with Crippen LogP contribution >= 0.6 is 24.0 Å². The molecule has 1 aliphatic rings. The van der Waals surface area contributed by atoms with Crippen LogP contribution in [-0.4, -0.2) is 45.2 Å². The largest absolute Gasteiger partial charge is 0.496 e. The molecule has 6 nitrogen and oxygen atoms in total. The normalized spacial score (nSPS) is 13.6. The van der Waals surface area contributed by atoms with Gasteiger partial charge in [0, 0.05) is 32.6 Å². The number of nitrogens with zero attached hydrogens (tertiary/aromatic N) is 1. The third-order valence-electron chi connectivity index (χ3n) is 4.16. The number of carbonyl (C=O) groups excluding carboxylic acids is 1. The summed E-state index contributed by atoms with van der Waals surface area (Å²) in [7, 11) is 3.45. The summed E-state index contributed by atoms with van der Waals surface area (Å²) in [5.74, 6) is 1.82. The van der Waals surface area contributed by atoms with Crippen molar-refractivity contribution in [3.63, 3.8) is 0 Å². The van der Waals surface area contributed by atoms with Crippen molar-refractivity contribution >= 4 is 35.8 Å². The van der Waals surface area contributed by atoms with E-state index in [0.717, 1.165) is 50.5 Å². The highest BCUT2D eigenvalue weighted by Crippen LogP contribution is 2.20. The highest BCUT2D eigenvalue weighted by molar-refractivity contribution is 14.0. The fraction of sp³-hybridized carbons (Fsp3) is 0.579. The number of benzene rings is 1. The molecule has 1 saturated carbocycles. The first kappa shape index (κ1) is 22.5.